The number of hydrogen-bond acceptors (Lipinski definition) is 5. The summed E-state index contributed by atoms with van der Waals surface area (Å²) in [6.07, 6.45) is 0.194. The Bertz CT molecular complexity index is 832. The molecule has 4 rings (SSSR count). The van der Waals surface area contributed by atoms with Crippen LogP contribution in [0.1, 0.15) is 29.2 Å². The van der Waals surface area contributed by atoms with E-state index < -0.39 is 12.1 Å². The third-order valence-electron chi connectivity index (χ3n) is 4.54. The van der Waals surface area contributed by atoms with E-state index in [1.165, 1.54) is 0 Å². The molecular formula is C20H20N2O4. The molecule has 2 aromatic rings. The summed E-state index contributed by atoms with van der Waals surface area (Å²) >= 11 is 0. The van der Waals surface area contributed by atoms with Gasteiger partial charge in [-0.25, -0.2) is 4.99 Å². The summed E-state index contributed by atoms with van der Waals surface area (Å²) in [6.45, 7) is 1.07. The monoisotopic (exact) mass is 352 g/mol. The van der Waals surface area contributed by atoms with Crippen LogP contribution in [0.25, 0.3) is 0 Å². The van der Waals surface area contributed by atoms with Crippen molar-refractivity contribution in [3.8, 4) is 5.75 Å². The van der Waals surface area contributed by atoms with Crippen molar-refractivity contribution in [1.29, 1.82) is 0 Å². The van der Waals surface area contributed by atoms with E-state index in [0.717, 1.165) is 22.4 Å². The zero-order valence-corrected chi connectivity index (χ0v) is 14.2. The van der Waals surface area contributed by atoms with Crippen LogP contribution in [0, 0.1) is 0 Å². The Morgan fingerprint density at radius 3 is 2.81 bits per heavy atom. The molecule has 6 heteroatoms. The first-order chi connectivity index (χ1) is 12.8. The van der Waals surface area contributed by atoms with E-state index in [-0.39, 0.29) is 12.5 Å². The fraction of sp³-hybridized carbons (Fsp3) is 0.300. The third-order valence-corrected chi connectivity index (χ3v) is 4.54. The number of ether oxygens (including phenoxy) is 2. The molecule has 0 fully saturated rings. The van der Waals surface area contributed by atoms with Crippen molar-refractivity contribution in [2.45, 2.75) is 25.1 Å². The molecule has 26 heavy (non-hydrogen) atoms. The van der Waals surface area contributed by atoms with E-state index in [1.54, 1.807) is 0 Å². The fourth-order valence-corrected chi connectivity index (χ4v) is 3.19. The molecular weight excluding hydrogens is 332 g/mol. The molecule has 0 aromatic heterocycles. The molecule has 0 aliphatic carbocycles. The van der Waals surface area contributed by atoms with Gasteiger partial charge in [-0.3, -0.25) is 4.79 Å². The number of aliphatic imine (C=N–C) groups is 1. The first-order valence-electron chi connectivity index (χ1n) is 8.70. The average Bonchev–Trinajstić information content (AvgIpc) is 3.07. The van der Waals surface area contributed by atoms with Gasteiger partial charge in [0.2, 0.25) is 11.8 Å². The van der Waals surface area contributed by atoms with Crippen LogP contribution >= 0.6 is 0 Å². The van der Waals surface area contributed by atoms with Crippen LogP contribution in [0.3, 0.4) is 0 Å². The van der Waals surface area contributed by atoms with Crippen molar-refractivity contribution < 1.29 is 19.4 Å². The van der Waals surface area contributed by atoms with Crippen molar-refractivity contribution in [1.82, 2.24) is 5.32 Å². The van der Waals surface area contributed by atoms with Gasteiger partial charge in [0, 0.05) is 30.7 Å². The summed E-state index contributed by atoms with van der Waals surface area (Å²) < 4.78 is 11.6. The molecule has 0 saturated heterocycles. The maximum absolute atomic E-state index is 12.4. The molecule has 0 spiro atoms. The summed E-state index contributed by atoms with van der Waals surface area (Å²) in [4.78, 5) is 16.9. The molecule has 2 heterocycles. The second kappa shape index (κ2) is 7.17. The Kier molecular flexibility index (Phi) is 4.58. The lowest BCUT2D eigenvalue weighted by Crippen LogP contribution is -2.32. The highest BCUT2D eigenvalue weighted by molar-refractivity contribution is 5.99. The van der Waals surface area contributed by atoms with Crippen molar-refractivity contribution >= 4 is 11.8 Å². The summed E-state index contributed by atoms with van der Waals surface area (Å²) in [5.74, 6) is 1.07. The molecule has 0 radical (unpaired) electrons. The van der Waals surface area contributed by atoms with Gasteiger partial charge in [0.25, 0.3) is 0 Å². The fourth-order valence-electron chi connectivity index (χ4n) is 3.19. The number of hydrogen-bond donors (Lipinski definition) is 2. The zero-order valence-electron chi connectivity index (χ0n) is 14.2. The Morgan fingerprint density at radius 2 is 2.00 bits per heavy atom. The molecule has 134 valence electrons. The van der Waals surface area contributed by atoms with Gasteiger partial charge in [-0.05, 0) is 29.8 Å². The molecule has 0 unspecified atom stereocenters. The number of carbonyl (C=O) groups is 1. The van der Waals surface area contributed by atoms with Gasteiger partial charge in [0.05, 0.1) is 6.61 Å². The lowest BCUT2D eigenvalue weighted by Gasteiger charge is -2.16. The van der Waals surface area contributed by atoms with Crippen LogP contribution in [0.15, 0.2) is 53.5 Å². The van der Waals surface area contributed by atoms with Crippen molar-refractivity contribution in [2.75, 3.05) is 13.2 Å². The molecule has 2 atom stereocenters. The lowest BCUT2D eigenvalue weighted by molar-refractivity contribution is -0.123. The minimum absolute atomic E-state index is 0.106. The normalized spacial score (nSPS) is 21.0. The van der Waals surface area contributed by atoms with E-state index in [0.29, 0.717) is 25.5 Å². The number of aliphatic hydroxyl groups excluding tert-OH is 1. The van der Waals surface area contributed by atoms with Crippen molar-refractivity contribution in [2.24, 2.45) is 4.99 Å². The molecule has 2 aromatic carbocycles. The van der Waals surface area contributed by atoms with Gasteiger partial charge >= 0.3 is 0 Å². The molecule has 6 nitrogen and oxygen atoms in total. The highest BCUT2D eigenvalue weighted by Crippen LogP contribution is 2.35. The van der Waals surface area contributed by atoms with Gasteiger partial charge in [0.15, 0.2) is 12.1 Å². The Morgan fingerprint density at radius 1 is 1.19 bits per heavy atom. The Hall–Kier alpha value is -2.86. The highest BCUT2D eigenvalue weighted by atomic mass is 16.5. The van der Waals surface area contributed by atoms with Gasteiger partial charge in [-0.2, -0.15) is 0 Å². The Balaban J connectivity index is 1.55. The summed E-state index contributed by atoms with van der Waals surface area (Å²) in [5, 5.41) is 11.7. The number of rotatable bonds is 5. The topological polar surface area (TPSA) is 80.2 Å². The number of nitrogens with zero attached hydrogens (tertiary/aromatic N) is 1. The number of amides is 1. The smallest absolute Gasteiger partial charge is 0.249 e. The third kappa shape index (κ3) is 3.15. The predicted octanol–water partition coefficient (Wildman–Crippen LogP) is 1.96. The number of nitrogens with one attached hydrogen (secondary N) is 1. The first-order valence-corrected chi connectivity index (χ1v) is 8.70. The molecule has 0 bridgehead atoms. The minimum Gasteiger partial charge on any atom is -0.494 e. The second-order valence-electron chi connectivity index (χ2n) is 6.28. The number of benzene rings is 2. The van der Waals surface area contributed by atoms with Gasteiger partial charge in [-0.1, -0.05) is 24.3 Å². The van der Waals surface area contributed by atoms with Gasteiger partial charge < -0.3 is 19.9 Å². The lowest BCUT2D eigenvalue weighted by atomic mass is 9.99. The predicted molar refractivity (Wildman–Crippen MR) is 96.1 cm³/mol. The number of aliphatic hydroxyl groups is 1. The van der Waals surface area contributed by atoms with Crippen molar-refractivity contribution in [3.63, 3.8) is 0 Å². The quantitative estimate of drug-likeness (QED) is 0.806. The van der Waals surface area contributed by atoms with Gasteiger partial charge in [-0.15, -0.1) is 0 Å². The van der Waals surface area contributed by atoms with Gasteiger partial charge in [0.1, 0.15) is 5.75 Å². The van der Waals surface area contributed by atoms with E-state index >= 15 is 0 Å². The van der Waals surface area contributed by atoms with E-state index in [4.69, 9.17) is 14.6 Å². The SMILES string of the molecule is O=C1NCc2ccccc2[C@H]2OC(c3ccc(OCCCO)cc3)=N[C@H]12. The highest BCUT2D eigenvalue weighted by Gasteiger charge is 2.40. The molecule has 2 aliphatic heterocycles. The van der Waals surface area contributed by atoms with Crippen LogP contribution in [0.2, 0.25) is 0 Å². The maximum atomic E-state index is 12.4. The summed E-state index contributed by atoms with van der Waals surface area (Å²) in [6, 6.07) is 14.7. The van der Waals surface area contributed by atoms with E-state index in [2.05, 4.69) is 10.3 Å². The van der Waals surface area contributed by atoms with Crippen LogP contribution < -0.4 is 10.1 Å². The van der Waals surface area contributed by atoms with Crippen LogP contribution in [0.4, 0.5) is 0 Å². The first kappa shape index (κ1) is 16.6. The largest absolute Gasteiger partial charge is 0.494 e. The summed E-state index contributed by atoms with van der Waals surface area (Å²) in [7, 11) is 0. The standard InChI is InChI=1S/C20H20N2O4/c23-10-3-11-25-15-8-6-13(7-9-15)20-22-17-18(26-20)16-5-2-1-4-14(16)12-21-19(17)24/h1-2,4-9,17-18,23H,3,10-12H2,(H,21,24)/t17-,18+/m0/s1. The number of fused-ring (bicyclic) bond motifs is 3. The molecule has 0 saturated carbocycles. The molecule has 2 N–H and O–H groups in total. The van der Waals surface area contributed by atoms with Crippen LogP contribution in [-0.2, 0) is 16.1 Å². The van der Waals surface area contributed by atoms with Crippen molar-refractivity contribution in [3.05, 3.63) is 65.2 Å². The molecule has 2 aliphatic rings. The van der Waals surface area contributed by atoms with Crippen LogP contribution in [-0.4, -0.2) is 36.2 Å². The van der Waals surface area contributed by atoms with E-state index in [1.807, 2.05) is 48.5 Å². The minimum atomic E-state index is -0.575. The summed E-state index contributed by atoms with van der Waals surface area (Å²) in [5.41, 5.74) is 2.86. The van der Waals surface area contributed by atoms with E-state index in [9.17, 15) is 4.79 Å². The maximum Gasteiger partial charge on any atom is 0.249 e. The Labute approximate surface area is 151 Å². The average molecular weight is 352 g/mol. The molecule has 1 amide bonds. The van der Waals surface area contributed by atoms with Crippen LogP contribution in [0.5, 0.6) is 5.75 Å². The zero-order chi connectivity index (χ0) is 17.9. The second-order valence-corrected chi connectivity index (χ2v) is 6.28. The number of carbonyl (C=O) groups excluding carboxylic acids is 1.